The van der Waals surface area contributed by atoms with Crippen LogP contribution < -0.4 is 10.1 Å². The lowest BCUT2D eigenvalue weighted by molar-refractivity contribution is -0.136. The minimum atomic E-state index is -1.57. The van der Waals surface area contributed by atoms with E-state index in [9.17, 15) is 20.1 Å². The largest absolute Gasteiger partial charge is 0.490 e. The number of nitrogens with zero attached hydrogens (tertiary/aromatic N) is 2. The molecule has 5 N–H and O–H groups in total. The van der Waals surface area contributed by atoms with Crippen LogP contribution in [0.5, 0.6) is 5.75 Å². The van der Waals surface area contributed by atoms with Gasteiger partial charge >= 0.3 is 0 Å². The van der Waals surface area contributed by atoms with Crippen molar-refractivity contribution in [1.82, 2.24) is 15.2 Å². The summed E-state index contributed by atoms with van der Waals surface area (Å²) in [6.45, 7) is 2.66. The van der Waals surface area contributed by atoms with Gasteiger partial charge in [0.05, 0.1) is 25.2 Å². The molecular weight excluding hydrogens is 618 g/mol. The lowest BCUT2D eigenvalue weighted by Crippen LogP contribution is -2.42. The molecule has 2 fully saturated rings. The Morgan fingerprint density at radius 2 is 1.85 bits per heavy atom. The lowest BCUT2D eigenvalue weighted by atomic mass is 9.93. The molecule has 4 unspecified atom stereocenters. The predicted molar refractivity (Wildman–Crippen MR) is 182 cm³/mol. The van der Waals surface area contributed by atoms with Crippen molar-refractivity contribution in [3.8, 4) is 16.9 Å². The SMILES string of the molecule is CC(CCCCN(C)C(=O)CC(O)C(O)C(O)CO)c1ccc(Cl)c(CNC2(c3cnccc3-c3ccccc3OC3CC3)CC2)c1. The van der Waals surface area contributed by atoms with Crippen LogP contribution >= 0.6 is 11.6 Å². The summed E-state index contributed by atoms with van der Waals surface area (Å²) in [7, 11) is 1.66. The average molecular weight is 666 g/mol. The normalized spacial score (nSPS) is 17.9. The van der Waals surface area contributed by atoms with E-state index in [0.717, 1.165) is 72.4 Å². The number of hydrogen-bond donors (Lipinski definition) is 5. The third kappa shape index (κ3) is 9.10. The molecule has 1 heterocycles. The molecule has 9 nitrogen and oxygen atoms in total. The highest BCUT2D eigenvalue weighted by Crippen LogP contribution is 2.50. The minimum Gasteiger partial charge on any atom is -0.490 e. The number of aliphatic hydroxyl groups excluding tert-OH is 4. The summed E-state index contributed by atoms with van der Waals surface area (Å²) in [6.07, 6.45) is 6.22. The maximum atomic E-state index is 12.4. The molecule has 1 aromatic heterocycles. The molecule has 4 atom stereocenters. The van der Waals surface area contributed by atoms with Gasteiger partial charge in [0.25, 0.3) is 0 Å². The van der Waals surface area contributed by atoms with Gasteiger partial charge in [0.15, 0.2) is 0 Å². The summed E-state index contributed by atoms with van der Waals surface area (Å²) >= 11 is 6.70. The Morgan fingerprint density at radius 1 is 1.09 bits per heavy atom. The van der Waals surface area contributed by atoms with E-state index < -0.39 is 24.9 Å². The van der Waals surface area contributed by atoms with Gasteiger partial charge in [0.1, 0.15) is 18.0 Å². The number of nitrogens with one attached hydrogen (secondary N) is 1. The van der Waals surface area contributed by atoms with Gasteiger partial charge in [0, 0.05) is 48.7 Å². The molecule has 2 aliphatic carbocycles. The van der Waals surface area contributed by atoms with Gasteiger partial charge in [-0.05, 0) is 84.9 Å². The van der Waals surface area contributed by atoms with Gasteiger partial charge in [-0.2, -0.15) is 0 Å². The van der Waals surface area contributed by atoms with Crippen LogP contribution in [0.3, 0.4) is 0 Å². The van der Waals surface area contributed by atoms with Gasteiger partial charge in [0.2, 0.25) is 5.91 Å². The standard InChI is InChI=1S/C37H48ClN3O6/c1-24(7-5-6-18-41(2)35(45)20-32(43)36(46)33(44)23-42)25-10-13-31(38)26(19-25)21-40-37(15-16-37)30-22-39-17-14-28(30)29-8-3-4-9-34(29)47-27-11-12-27/h3-4,8-10,13-14,17,19,22,24,27,32-33,36,40,42-44,46H,5-7,11-12,15-16,18,20-21,23H2,1-2H3. The average Bonchev–Trinajstić information content (AvgIpc) is 4.03. The summed E-state index contributed by atoms with van der Waals surface area (Å²) in [5, 5.41) is 42.8. The zero-order valence-electron chi connectivity index (χ0n) is 27.3. The fourth-order valence-electron chi connectivity index (χ4n) is 6.05. The summed E-state index contributed by atoms with van der Waals surface area (Å²) in [5.41, 5.74) is 5.54. The van der Waals surface area contributed by atoms with Crippen LogP contribution in [0, 0.1) is 0 Å². The fraction of sp³-hybridized carbons (Fsp3) is 0.514. The maximum Gasteiger partial charge on any atom is 0.225 e. The van der Waals surface area contributed by atoms with Crippen LogP contribution in [-0.4, -0.2) is 80.8 Å². The molecular formula is C37H48ClN3O6. The molecule has 10 heteroatoms. The zero-order valence-corrected chi connectivity index (χ0v) is 28.1. The molecule has 0 spiro atoms. The molecule has 0 bridgehead atoms. The van der Waals surface area contributed by atoms with Gasteiger partial charge in [-0.25, -0.2) is 0 Å². The van der Waals surface area contributed by atoms with E-state index in [1.165, 1.54) is 16.0 Å². The molecule has 5 rings (SSSR count). The third-order valence-electron chi connectivity index (χ3n) is 9.50. The molecule has 2 saturated carbocycles. The number of carbonyl (C=O) groups excluding carboxylic acids is 1. The van der Waals surface area contributed by atoms with Crippen molar-refractivity contribution in [2.45, 2.75) is 101 Å². The van der Waals surface area contributed by atoms with Crippen molar-refractivity contribution >= 4 is 17.5 Å². The van der Waals surface area contributed by atoms with Crippen LogP contribution in [0.1, 0.15) is 80.9 Å². The monoisotopic (exact) mass is 665 g/mol. The van der Waals surface area contributed by atoms with Gasteiger partial charge in [-0.3, -0.25) is 9.78 Å². The van der Waals surface area contributed by atoms with E-state index in [4.69, 9.17) is 21.4 Å². The number of hydrogen-bond acceptors (Lipinski definition) is 8. The smallest absolute Gasteiger partial charge is 0.225 e. The number of amides is 1. The first-order chi connectivity index (χ1) is 22.6. The van der Waals surface area contributed by atoms with Gasteiger partial charge < -0.3 is 35.4 Å². The Hall–Kier alpha value is -3.05. The molecule has 0 radical (unpaired) electrons. The first-order valence-corrected chi connectivity index (χ1v) is 17.1. The third-order valence-corrected chi connectivity index (χ3v) is 9.87. The molecule has 2 aromatic carbocycles. The van der Waals surface area contributed by atoms with Gasteiger partial charge in [-0.15, -0.1) is 0 Å². The first-order valence-electron chi connectivity index (χ1n) is 16.7. The molecule has 47 heavy (non-hydrogen) atoms. The van der Waals surface area contributed by atoms with Crippen molar-refractivity contribution in [2.24, 2.45) is 0 Å². The minimum absolute atomic E-state index is 0.169. The number of rotatable bonds is 18. The fourth-order valence-corrected chi connectivity index (χ4v) is 6.23. The van der Waals surface area contributed by atoms with E-state index in [0.29, 0.717) is 25.1 Å². The molecule has 3 aromatic rings. The molecule has 0 saturated heterocycles. The second kappa shape index (κ2) is 15.9. The van der Waals surface area contributed by atoms with Crippen LogP contribution in [-0.2, 0) is 16.9 Å². The number of para-hydroxylation sites is 1. The van der Waals surface area contributed by atoms with Gasteiger partial charge in [-0.1, -0.05) is 55.3 Å². The van der Waals surface area contributed by atoms with E-state index in [1.807, 2.05) is 24.5 Å². The molecule has 1 amide bonds. The van der Waals surface area contributed by atoms with Crippen LogP contribution in [0.2, 0.25) is 5.02 Å². The second-order valence-corrected chi connectivity index (χ2v) is 13.7. The summed E-state index contributed by atoms with van der Waals surface area (Å²) in [5.74, 6) is 0.897. The number of benzene rings is 2. The second-order valence-electron chi connectivity index (χ2n) is 13.2. The number of unbranched alkanes of at least 4 members (excludes halogenated alkanes) is 1. The summed E-state index contributed by atoms with van der Waals surface area (Å²) in [6, 6.07) is 16.6. The Balaban J connectivity index is 1.15. The highest BCUT2D eigenvalue weighted by atomic mass is 35.5. The van der Waals surface area contributed by atoms with Crippen LogP contribution in [0.4, 0.5) is 0 Å². The topological polar surface area (TPSA) is 135 Å². The van der Waals surface area contributed by atoms with Crippen molar-refractivity contribution < 1.29 is 30.0 Å². The number of carbonyl (C=O) groups is 1. The van der Waals surface area contributed by atoms with Crippen molar-refractivity contribution in [2.75, 3.05) is 20.2 Å². The predicted octanol–water partition coefficient (Wildman–Crippen LogP) is 4.92. The van der Waals surface area contributed by atoms with Crippen LogP contribution in [0.25, 0.3) is 11.1 Å². The highest BCUT2D eigenvalue weighted by Gasteiger charge is 2.46. The Kier molecular flexibility index (Phi) is 11.9. The first kappa shape index (κ1) is 35.3. The number of ether oxygens (including phenoxy) is 1. The Morgan fingerprint density at radius 3 is 2.57 bits per heavy atom. The Bertz CT molecular complexity index is 1500. The van der Waals surface area contributed by atoms with Crippen LogP contribution in [0.15, 0.2) is 60.9 Å². The van der Waals surface area contributed by atoms with Crippen molar-refractivity contribution in [3.63, 3.8) is 0 Å². The number of aliphatic hydroxyl groups is 4. The van der Waals surface area contributed by atoms with E-state index >= 15 is 0 Å². The molecule has 2 aliphatic rings. The summed E-state index contributed by atoms with van der Waals surface area (Å²) < 4.78 is 6.26. The van der Waals surface area contributed by atoms with E-state index in [1.54, 1.807) is 7.05 Å². The molecule has 254 valence electrons. The quantitative estimate of drug-likeness (QED) is 0.121. The number of aromatic nitrogens is 1. The molecule has 0 aliphatic heterocycles. The lowest BCUT2D eigenvalue weighted by Gasteiger charge is -2.24. The van der Waals surface area contributed by atoms with E-state index in [2.05, 4.69) is 53.6 Å². The Labute approximate surface area is 282 Å². The van der Waals surface area contributed by atoms with E-state index in [-0.39, 0.29) is 17.9 Å². The number of halogens is 1. The van der Waals surface area contributed by atoms with Crippen molar-refractivity contribution in [3.05, 3.63) is 82.6 Å². The highest BCUT2D eigenvalue weighted by molar-refractivity contribution is 6.31. The number of pyridine rings is 1. The summed E-state index contributed by atoms with van der Waals surface area (Å²) in [4.78, 5) is 18.5. The zero-order chi connectivity index (χ0) is 33.6. The maximum absolute atomic E-state index is 12.4. The van der Waals surface area contributed by atoms with Crippen molar-refractivity contribution in [1.29, 1.82) is 0 Å².